The molecular weight excluding hydrogens is 362 g/mol. The first-order valence-electron chi connectivity index (χ1n) is 11.0. The van der Waals surface area contributed by atoms with Crippen LogP contribution in [0.3, 0.4) is 0 Å². The van der Waals surface area contributed by atoms with Gasteiger partial charge < -0.3 is 9.80 Å². The molecule has 154 valence electrons. The van der Waals surface area contributed by atoms with Crippen molar-refractivity contribution in [2.24, 2.45) is 5.92 Å². The molecule has 0 spiro atoms. The number of fused-ring (bicyclic) bond motifs is 1. The van der Waals surface area contributed by atoms with Crippen LogP contribution < -0.4 is 0 Å². The van der Waals surface area contributed by atoms with Crippen molar-refractivity contribution in [3.8, 4) is 0 Å². The molecule has 1 aromatic heterocycles. The number of pyridine rings is 1. The number of amides is 2. The van der Waals surface area contributed by atoms with E-state index in [0.717, 1.165) is 66.5 Å². The predicted molar refractivity (Wildman–Crippen MR) is 115 cm³/mol. The lowest BCUT2D eigenvalue weighted by molar-refractivity contribution is -0.136. The number of rotatable bonds is 2. The van der Waals surface area contributed by atoms with Crippen molar-refractivity contribution >= 4 is 22.7 Å². The average molecular weight is 394 g/mol. The van der Waals surface area contributed by atoms with Gasteiger partial charge in [0.2, 0.25) is 5.91 Å². The number of nitrogens with zero attached hydrogens (tertiary/aromatic N) is 3. The van der Waals surface area contributed by atoms with E-state index >= 15 is 0 Å². The summed E-state index contributed by atoms with van der Waals surface area (Å²) in [6.45, 7) is 7.07. The molecule has 4 rings (SSSR count). The second kappa shape index (κ2) is 8.52. The van der Waals surface area contributed by atoms with Crippen molar-refractivity contribution in [1.29, 1.82) is 0 Å². The SMILES string of the molecule is Cc1ccc2nc(C)cc(C(=O)N3CCC(C(=O)N4CCCCCC4)CC3)c2c1. The lowest BCUT2D eigenvalue weighted by Gasteiger charge is -2.34. The highest BCUT2D eigenvalue weighted by Crippen LogP contribution is 2.26. The summed E-state index contributed by atoms with van der Waals surface area (Å²) in [5, 5.41) is 0.920. The Labute approximate surface area is 173 Å². The van der Waals surface area contributed by atoms with Gasteiger partial charge in [0.05, 0.1) is 11.1 Å². The van der Waals surface area contributed by atoms with Gasteiger partial charge in [0, 0.05) is 43.2 Å². The molecule has 0 saturated carbocycles. The van der Waals surface area contributed by atoms with E-state index in [1.807, 2.05) is 43.0 Å². The molecule has 0 aliphatic carbocycles. The van der Waals surface area contributed by atoms with E-state index in [4.69, 9.17) is 0 Å². The maximum atomic E-state index is 13.3. The van der Waals surface area contributed by atoms with Gasteiger partial charge in [0.25, 0.3) is 5.91 Å². The number of aromatic nitrogens is 1. The lowest BCUT2D eigenvalue weighted by Crippen LogP contribution is -2.44. The quantitative estimate of drug-likeness (QED) is 0.772. The largest absolute Gasteiger partial charge is 0.342 e. The van der Waals surface area contributed by atoms with Crippen LogP contribution in [0.1, 0.15) is 60.1 Å². The summed E-state index contributed by atoms with van der Waals surface area (Å²) < 4.78 is 0. The Kier molecular flexibility index (Phi) is 5.84. The number of aryl methyl sites for hydroxylation is 2. The number of carbonyl (C=O) groups excluding carboxylic acids is 2. The van der Waals surface area contributed by atoms with Crippen LogP contribution in [0.2, 0.25) is 0 Å². The number of hydrogen-bond acceptors (Lipinski definition) is 3. The van der Waals surface area contributed by atoms with Crippen LogP contribution >= 0.6 is 0 Å². The Balaban J connectivity index is 1.46. The van der Waals surface area contributed by atoms with Gasteiger partial charge in [-0.3, -0.25) is 14.6 Å². The summed E-state index contributed by atoms with van der Waals surface area (Å²) in [5.74, 6) is 0.432. The lowest BCUT2D eigenvalue weighted by atomic mass is 9.94. The normalized spacial score (nSPS) is 18.7. The van der Waals surface area contributed by atoms with Crippen LogP contribution in [0.4, 0.5) is 0 Å². The molecule has 2 saturated heterocycles. The maximum absolute atomic E-state index is 13.3. The van der Waals surface area contributed by atoms with Gasteiger partial charge in [0.1, 0.15) is 0 Å². The van der Waals surface area contributed by atoms with E-state index in [-0.39, 0.29) is 11.8 Å². The smallest absolute Gasteiger partial charge is 0.254 e. The van der Waals surface area contributed by atoms with Crippen LogP contribution in [0.25, 0.3) is 10.9 Å². The van der Waals surface area contributed by atoms with E-state index in [1.165, 1.54) is 12.8 Å². The molecule has 3 heterocycles. The molecule has 2 fully saturated rings. The van der Waals surface area contributed by atoms with Gasteiger partial charge in [0.15, 0.2) is 0 Å². The minimum atomic E-state index is 0.0618. The van der Waals surface area contributed by atoms with E-state index in [0.29, 0.717) is 19.0 Å². The van der Waals surface area contributed by atoms with Crippen LogP contribution in [-0.2, 0) is 4.79 Å². The molecule has 0 radical (unpaired) electrons. The van der Waals surface area contributed by atoms with Crippen molar-refractivity contribution in [3.63, 3.8) is 0 Å². The van der Waals surface area contributed by atoms with E-state index in [9.17, 15) is 9.59 Å². The van der Waals surface area contributed by atoms with Gasteiger partial charge in [-0.2, -0.15) is 0 Å². The number of carbonyl (C=O) groups is 2. The standard InChI is InChI=1S/C24H31N3O2/c1-17-7-8-22-20(15-17)21(16-18(2)25-22)24(29)27-13-9-19(10-14-27)23(28)26-11-5-3-4-6-12-26/h7-8,15-16,19H,3-6,9-14H2,1-2H3. The molecule has 2 aromatic rings. The summed E-state index contributed by atoms with van der Waals surface area (Å²) in [4.78, 5) is 34.8. The monoisotopic (exact) mass is 393 g/mol. The van der Waals surface area contributed by atoms with Gasteiger partial charge in [-0.25, -0.2) is 0 Å². The third-order valence-electron chi connectivity index (χ3n) is 6.37. The molecule has 0 unspecified atom stereocenters. The molecule has 2 aliphatic heterocycles. The van der Waals surface area contributed by atoms with Crippen LogP contribution in [0.5, 0.6) is 0 Å². The van der Waals surface area contributed by atoms with Gasteiger partial charge >= 0.3 is 0 Å². The van der Waals surface area contributed by atoms with E-state index < -0.39 is 0 Å². The number of benzene rings is 1. The highest BCUT2D eigenvalue weighted by Gasteiger charge is 2.31. The third kappa shape index (κ3) is 4.29. The van der Waals surface area contributed by atoms with Crippen molar-refractivity contribution in [2.45, 2.75) is 52.4 Å². The molecule has 2 amide bonds. The minimum absolute atomic E-state index is 0.0618. The summed E-state index contributed by atoms with van der Waals surface area (Å²) in [5.41, 5.74) is 3.58. The molecule has 5 nitrogen and oxygen atoms in total. The third-order valence-corrected chi connectivity index (χ3v) is 6.37. The van der Waals surface area contributed by atoms with Gasteiger partial charge in [-0.15, -0.1) is 0 Å². The maximum Gasteiger partial charge on any atom is 0.254 e. The first-order valence-corrected chi connectivity index (χ1v) is 11.0. The van der Waals surface area contributed by atoms with Crippen LogP contribution in [-0.4, -0.2) is 52.8 Å². The zero-order valence-corrected chi connectivity index (χ0v) is 17.6. The van der Waals surface area contributed by atoms with Gasteiger partial charge in [-0.05, 0) is 57.7 Å². The highest BCUT2D eigenvalue weighted by molar-refractivity contribution is 6.06. The molecule has 29 heavy (non-hydrogen) atoms. The Bertz CT molecular complexity index is 908. The van der Waals surface area contributed by atoms with Crippen molar-refractivity contribution in [2.75, 3.05) is 26.2 Å². The topological polar surface area (TPSA) is 53.5 Å². The predicted octanol–water partition coefficient (Wildman–Crippen LogP) is 4.11. The van der Waals surface area contributed by atoms with Crippen molar-refractivity contribution in [3.05, 3.63) is 41.1 Å². The van der Waals surface area contributed by atoms with Gasteiger partial charge in [-0.1, -0.05) is 24.5 Å². The summed E-state index contributed by atoms with van der Waals surface area (Å²) in [6.07, 6.45) is 6.24. The molecule has 1 aromatic carbocycles. The zero-order chi connectivity index (χ0) is 20.4. The number of piperidine rings is 1. The minimum Gasteiger partial charge on any atom is -0.342 e. The summed E-state index contributed by atoms with van der Waals surface area (Å²) in [7, 11) is 0. The molecule has 0 N–H and O–H groups in total. The fraction of sp³-hybridized carbons (Fsp3) is 0.542. The molecule has 0 bridgehead atoms. The van der Waals surface area contributed by atoms with Crippen LogP contribution in [0, 0.1) is 19.8 Å². The zero-order valence-electron chi connectivity index (χ0n) is 17.6. The first-order chi connectivity index (χ1) is 14.0. The Hall–Kier alpha value is -2.43. The fourth-order valence-electron chi connectivity index (χ4n) is 4.70. The average Bonchev–Trinajstić information content (AvgIpc) is 3.02. The van der Waals surface area contributed by atoms with E-state index in [1.54, 1.807) is 0 Å². The number of likely N-dealkylation sites (tertiary alicyclic amines) is 2. The number of hydrogen-bond donors (Lipinski definition) is 0. The van der Waals surface area contributed by atoms with E-state index in [2.05, 4.69) is 9.88 Å². The first kappa shape index (κ1) is 19.9. The second-order valence-corrected chi connectivity index (χ2v) is 8.64. The second-order valence-electron chi connectivity index (χ2n) is 8.64. The Morgan fingerprint density at radius 2 is 1.59 bits per heavy atom. The Morgan fingerprint density at radius 3 is 2.28 bits per heavy atom. The fourth-order valence-corrected chi connectivity index (χ4v) is 4.70. The Morgan fingerprint density at radius 1 is 0.897 bits per heavy atom. The van der Waals surface area contributed by atoms with Crippen LogP contribution in [0.15, 0.2) is 24.3 Å². The summed E-state index contributed by atoms with van der Waals surface area (Å²) in [6, 6.07) is 7.96. The van der Waals surface area contributed by atoms with Crippen molar-refractivity contribution < 1.29 is 9.59 Å². The summed E-state index contributed by atoms with van der Waals surface area (Å²) >= 11 is 0. The molecular formula is C24H31N3O2. The molecule has 5 heteroatoms. The molecule has 0 atom stereocenters. The highest BCUT2D eigenvalue weighted by atomic mass is 16.2. The molecule has 2 aliphatic rings. The van der Waals surface area contributed by atoms with Crippen molar-refractivity contribution in [1.82, 2.24) is 14.8 Å².